The highest BCUT2D eigenvalue weighted by atomic mass is 32.2. The molecule has 166 valence electrons. The number of nitrogens with two attached hydrogens (primary N) is 1. The number of nitrogens with one attached hydrogen (secondary N) is 2. The highest BCUT2D eigenvalue weighted by molar-refractivity contribution is 7.99. The standard InChI is InChI=1S/C21H33N5O3S/c1-4-30-12-11-16-7-5-6-8-18(16)28-14-17(27)13-23-21(2,3)15-29-20-10-9-19(24-22)25-26-20/h5-10,17,23,27H,4,11-15,22H2,1-3H3,(H,24,25). The molecule has 0 aliphatic heterocycles. The number of benzene rings is 1. The average Bonchev–Trinajstić information content (AvgIpc) is 2.76. The van der Waals surface area contributed by atoms with Gasteiger partial charge in [0, 0.05) is 18.2 Å². The average molecular weight is 436 g/mol. The number of aryl methyl sites for hydroxylation is 1. The number of β-amino-alcohol motifs (C(OH)–C–C–N with tert-alkyl or cyclic N) is 1. The van der Waals surface area contributed by atoms with Crippen LogP contribution < -0.4 is 26.1 Å². The number of aromatic nitrogens is 2. The summed E-state index contributed by atoms with van der Waals surface area (Å²) in [5, 5.41) is 21.5. The van der Waals surface area contributed by atoms with Gasteiger partial charge in [-0.15, -0.1) is 10.2 Å². The van der Waals surface area contributed by atoms with Crippen LogP contribution in [0.4, 0.5) is 5.82 Å². The molecular formula is C21H33N5O3S. The molecule has 5 N–H and O–H groups in total. The van der Waals surface area contributed by atoms with Crippen molar-refractivity contribution in [3.8, 4) is 11.6 Å². The number of hydrogen-bond acceptors (Lipinski definition) is 9. The molecule has 9 heteroatoms. The number of ether oxygens (including phenoxy) is 2. The van der Waals surface area contributed by atoms with Crippen LogP contribution >= 0.6 is 11.8 Å². The maximum Gasteiger partial charge on any atom is 0.233 e. The maximum atomic E-state index is 10.3. The quantitative estimate of drug-likeness (QED) is 0.201. The molecule has 1 aromatic heterocycles. The van der Waals surface area contributed by atoms with Crippen LogP contribution in [-0.4, -0.2) is 58.2 Å². The van der Waals surface area contributed by atoms with E-state index in [-0.39, 0.29) is 12.1 Å². The minimum absolute atomic E-state index is 0.223. The first kappa shape index (κ1) is 24.2. The Morgan fingerprint density at radius 2 is 1.97 bits per heavy atom. The van der Waals surface area contributed by atoms with Crippen molar-refractivity contribution in [3.63, 3.8) is 0 Å². The van der Waals surface area contributed by atoms with Crippen molar-refractivity contribution in [1.82, 2.24) is 15.5 Å². The lowest BCUT2D eigenvalue weighted by molar-refractivity contribution is 0.0919. The number of aliphatic hydroxyl groups excluding tert-OH is 1. The van der Waals surface area contributed by atoms with Gasteiger partial charge in [-0.1, -0.05) is 25.1 Å². The minimum atomic E-state index is -0.642. The van der Waals surface area contributed by atoms with E-state index in [9.17, 15) is 5.11 Å². The summed E-state index contributed by atoms with van der Waals surface area (Å²) in [5.74, 6) is 9.15. The molecule has 2 rings (SSSR count). The zero-order valence-electron chi connectivity index (χ0n) is 17.9. The predicted octanol–water partition coefficient (Wildman–Crippen LogP) is 2.24. The van der Waals surface area contributed by atoms with E-state index >= 15 is 0 Å². The minimum Gasteiger partial charge on any atom is -0.491 e. The summed E-state index contributed by atoms with van der Waals surface area (Å²) in [4.78, 5) is 0. The first-order valence-electron chi connectivity index (χ1n) is 10.1. The number of aliphatic hydroxyl groups is 1. The Labute approximate surface area is 182 Å². The third kappa shape index (κ3) is 8.74. The lowest BCUT2D eigenvalue weighted by Gasteiger charge is -2.27. The summed E-state index contributed by atoms with van der Waals surface area (Å²) in [6.45, 7) is 7.11. The normalized spacial score (nSPS) is 12.4. The van der Waals surface area contributed by atoms with Crippen LogP contribution in [0.3, 0.4) is 0 Å². The lowest BCUT2D eigenvalue weighted by Crippen LogP contribution is -2.48. The van der Waals surface area contributed by atoms with Gasteiger partial charge in [-0.05, 0) is 49.5 Å². The smallest absolute Gasteiger partial charge is 0.233 e. The fraction of sp³-hybridized carbons (Fsp3) is 0.524. The van der Waals surface area contributed by atoms with Crippen molar-refractivity contribution in [2.75, 3.05) is 36.7 Å². The van der Waals surface area contributed by atoms with Gasteiger partial charge in [-0.3, -0.25) is 0 Å². The van der Waals surface area contributed by atoms with E-state index in [4.69, 9.17) is 15.3 Å². The molecule has 1 aromatic carbocycles. The van der Waals surface area contributed by atoms with Crippen LogP contribution in [0.15, 0.2) is 36.4 Å². The summed E-state index contributed by atoms with van der Waals surface area (Å²) < 4.78 is 11.6. The zero-order chi connectivity index (χ0) is 21.8. The third-order valence-corrected chi connectivity index (χ3v) is 5.21. The van der Waals surface area contributed by atoms with E-state index in [1.54, 1.807) is 12.1 Å². The van der Waals surface area contributed by atoms with Crippen LogP contribution in [0.25, 0.3) is 0 Å². The van der Waals surface area contributed by atoms with Gasteiger partial charge in [0.1, 0.15) is 25.1 Å². The van der Waals surface area contributed by atoms with E-state index in [0.717, 1.165) is 23.7 Å². The molecule has 0 radical (unpaired) electrons. The van der Waals surface area contributed by atoms with Gasteiger partial charge in [0.05, 0.1) is 0 Å². The number of nitrogens with zero attached hydrogens (tertiary/aromatic N) is 2. The van der Waals surface area contributed by atoms with Crippen molar-refractivity contribution >= 4 is 17.6 Å². The van der Waals surface area contributed by atoms with Gasteiger partial charge in [0.15, 0.2) is 5.82 Å². The Balaban J connectivity index is 1.74. The highest BCUT2D eigenvalue weighted by Gasteiger charge is 2.20. The van der Waals surface area contributed by atoms with Crippen molar-refractivity contribution in [2.45, 2.75) is 38.8 Å². The monoisotopic (exact) mass is 435 g/mol. The molecule has 0 bridgehead atoms. The topological polar surface area (TPSA) is 115 Å². The molecule has 2 aromatic rings. The molecule has 0 saturated carbocycles. The molecule has 0 spiro atoms. The predicted molar refractivity (Wildman–Crippen MR) is 122 cm³/mol. The van der Waals surface area contributed by atoms with Crippen molar-refractivity contribution < 1.29 is 14.6 Å². The second-order valence-corrected chi connectivity index (χ2v) is 8.87. The van der Waals surface area contributed by atoms with E-state index in [2.05, 4.69) is 33.9 Å². The van der Waals surface area contributed by atoms with Gasteiger partial charge >= 0.3 is 0 Å². The first-order valence-corrected chi connectivity index (χ1v) is 11.2. The van der Waals surface area contributed by atoms with Crippen molar-refractivity contribution in [2.24, 2.45) is 5.84 Å². The first-order chi connectivity index (χ1) is 14.4. The van der Waals surface area contributed by atoms with E-state index in [1.807, 2.05) is 43.8 Å². The summed E-state index contributed by atoms with van der Waals surface area (Å²) in [6, 6.07) is 11.4. The maximum absolute atomic E-state index is 10.3. The van der Waals surface area contributed by atoms with Crippen molar-refractivity contribution in [3.05, 3.63) is 42.0 Å². The second-order valence-electron chi connectivity index (χ2n) is 7.47. The zero-order valence-corrected chi connectivity index (χ0v) is 18.7. The van der Waals surface area contributed by atoms with E-state index in [1.165, 1.54) is 5.56 Å². The molecular weight excluding hydrogens is 402 g/mol. The molecule has 1 heterocycles. The van der Waals surface area contributed by atoms with E-state index < -0.39 is 6.10 Å². The Kier molecular flexibility index (Phi) is 10.2. The van der Waals surface area contributed by atoms with Crippen LogP contribution in [-0.2, 0) is 6.42 Å². The molecule has 1 atom stereocenters. The van der Waals surface area contributed by atoms with E-state index in [0.29, 0.717) is 24.8 Å². The highest BCUT2D eigenvalue weighted by Crippen LogP contribution is 2.20. The lowest BCUT2D eigenvalue weighted by atomic mass is 10.1. The molecule has 0 amide bonds. The number of para-hydroxylation sites is 1. The molecule has 0 saturated heterocycles. The summed E-state index contributed by atoms with van der Waals surface area (Å²) in [7, 11) is 0. The van der Waals surface area contributed by atoms with Gasteiger partial charge in [0.25, 0.3) is 0 Å². The summed E-state index contributed by atoms with van der Waals surface area (Å²) in [5.41, 5.74) is 3.22. The van der Waals surface area contributed by atoms with Gasteiger partial charge in [0.2, 0.25) is 5.88 Å². The van der Waals surface area contributed by atoms with Crippen LogP contribution in [0.5, 0.6) is 11.6 Å². The molecule has 30 heavy (non-hydrogen) atoms. The number of thioether (sulfide) groups is 1. The molecule has 0 aliphatic carbocycles. The third-order valence-electron chi connectivity index (χ3n) is 4.31. The number of nitrogen functional groups attached to an aromatic ring is 1. The van der Waals surface area contributed by atoms with Gasteiger partial charge in [-0.25, -0.2) is 5.84 Å². The van der Waals surface area contributed by atoms with Gasteiger partial charge in [-0.2, -0.15) is 11.8 Å². The van der Waals surface area contributed by atoms with Crippen LogP contribution in [0.1, 0.15) is 26.3 Å². The fourth-order valence-electron chi connectivity index (χ4n) is 2.60. The van der Waals surface area contributed by atoms with Gasteiger partial charge < -0.3 is 25.3 Å². The molecule has 0 aliphatic rings. The summed E-state index contributed by atoms with van der Waals surface area (Å²) in [6.07, 6.45) is 0.315. The Hall–Kier alpha value is -2.07. The number of hydrazine groups is 1. The fourth-order valence-corrected chi connectivity index (χ4v) is 3.25. The second kappa shape index (κ2) is 12.6. The number of hydrogen-bond donors (Lipinski definition) is 4. The Bertz CT molecular complexity index is 746. The number of rotatable bonds is 14. The Morgan fingerprint density at radius 3 is 2.67 bits per heavy atom. The molecule has 1 unspecified atom stereocenters. The summed E-state index contributed by atoms with van der Waals surface area (Å²) >= 11 is 1.91. The number of anilines is 1. The molecule has 8 nitrogen and oxygen atoms in total. The SMILES string of the molecule is CCSCCc1ccccc1OCC(O)CNC(C)(C)COc1ccc(NN)nn1. The van der Waals surface area contributed by atoms with Crippen molar-refractivity contribution in [1.29, 1.82) is 0 Å². The van der Waals surface area contributed by atoms with Crippen LogP contribution in [0.2, 0.25) is 0 Å². The largest absolute Gasteiger partial charge is 0.491 e. The van der Waals surface area contributed by atoms with Crippen LogP contribution in [0, 0.1) is 0 Å². The Morgan fingerprint density at radius 1 is 1.17 bits per heavy atom. The molecule has 0 fully saturated rings.